The van der Waals surface area contributed by atoms with E-state index in [1.54, 1.807) is 12.1 Å². The van der Waals surface area contributed by atoms with Crippen LogP contribution < -0.4 is 5.32 Å². The van der Waals surface area contributed by atoms with Crippen molar-refractivity contribution in [2.75, 3.05) is 13.1 Å². The van der Waals surface area contributed by atoms with Gasteiger partial charge in [0.2, 0.25) is 15.9 Å². The number of rotatable bonds is 6. The number of nitrogens with one attached hydrogen (secondary N) is 1. The Kier molecular flexibility index (Phi) is 5.84. The summed E-state index contributed by atoms with van der Waals surface area (Å²) in [7, 11) is -3.49. The Morgan fingerprint density at radius 1 is 1.12 bits per heavy atom. The van der Waals surface area contributed by atoms with Gasteiger partial charge in [0.1, 0.15) is 5.54 Å². The number of carboxylic acids is 1. The first-order valence-electron chi connectivity index (χ1n) is 8.26. The first-order valence-corrected chi connectivity index (χ1v) is 9.70. The second kappa shape index (κ2) is 7.53. The number of carbonyl (C=O) groups is 2. The van der Waals surface area contributed by atoms with E-state index >= 15 is 0 Å². The Balaban J connectivity index is 2.04. The van der Waals surface area contributed by atoms with Crippen molar-refractivity contribution in [3.63, 3.8) is 0 Å². The van der Waals surface area contributed by atoms with Crippen LogP contribution in [0.25, 0.3) is 0 Å². The molecule has 1 aromatic carbocycles. The van der Waals surface area contributed by atoms with Crippen LogP contribution in [0.2, 0.25) is 0 Å². The lowest BCUT2D eigenvalue weighted by atomic mass is 10.1. The molecule has 0 bridgehead atoms. The van der Waals surface area contributed by atoms with E-state index in [1.807, 2.05) is 0 Å². The third kappa shape index (κ3) is 4.79. The van der Waals surface area contributed by atoms with Crippen LogP contribution in [-0.2, 0) is 26.0 Å². The summed E-state index contributed by atoms with van der Waals surface area (Å²) in [5, 5.41) is 11.5. The Morgan fingerprint density at radius 2 is 1.68 bits per heavy atom. The molecule has 0 saturated carbocycles. The number of carbonyl (C=O) groups excluding carboxylic acids is 1. The fraction of sp³-hybridized carbons (Fsp3) is 0.529. The molecule has 25 heavy (non-hydrogen) atoms. The molecular formula is C17H24N2O5S. The molecule has 1 aliphatic heterocycles. The van der Waals surface area contributed by atoms with Gasteiger partial charge in [-0.15, -0.1) is 0 Å². The molecule has 1 aromatic rings. The topological polar surface area (TPSA) is 104 Å². The van der Waals surface area contributed by atoms with Gasteiger partial charge < -0.3 is 10.4 Å². The molecule has 0 aromatic heterocycles. The molecule has 1 saturated heterocycles. The molecule has 138 valence electrons. The summed E-state index contributed by atoms with van der Waals surface area (Å²) in [4.78, 5) is 23.2. The normalized spacial score (nSPS) is 16.4. The number of carboxylic acid groups (broad SMARTS) is 1. The van der Waals surface area contributed by atoms with Gasteiger partial charge in [-0.1, -0.05) is 18.6 Å². The first kappa shape index (κ1) is 19.4. The summed E-state index contributed by atoms with van der Waals surface area (Å²) >= 11 is 0. The maximum absolute atomic E-state index is 12.6. The highest BCUT2D eigenvalue weighted by atomic mass is 32.2. The van der Waals surface area contributed by atoms with Crippen molar-refractivity contribution in [2.24, 2.45) is 0 Å². The van der Waals surface area contributed by atoms with Gasteiger partial charge in [-0.25, -0.2) is 13.2 Å². The van der Waals surface area contributed by atoms with Crippen LogP contribution in [0.1, 0.15) is 38.7 Å². The molecule has 1 amide bonds. The summed E-state index contributed by atoms with van der Waals surface area (Å²) in [6.45, 7) is 3.89. The Bertz CT molecular complexity index is 735. The lowest BCUT2D eigenvalue weighted by Gasteiger charge is -2.26. The number of piperidine rings is 1. The number of hydrogen-bond donors (Lipinski definition) is 2. The van der Waals surface area contributed by atoms with Crippen molar-refractivity contribution < 1.29 is 23.1 Å². The minimum atomic E-state index is -3.49. The highest BCUT2D eigenvalue weighted by molar-refractivity contribution is 7.89. The molecule has 0 spiro atoms. The monoisotopic (exact) mass is 368 g/mol. The zero-order chi connectivity index (χ0) is 18.7. The number of benzene rings is 1. The van der Waals surface area contributed by atoms with Crippen LogP contribution >= 0.6 is 0 Å². The van der Waals surface area contributed by atoms with Crippen LogP contribution in [0, 0.1) is 0 Å². The maximum atomic E-state index is 12.6. The van der Waals surface area contributed by atoms with Gasteiger partial charge in [-0.05, 0) is 44.4 Å². The third-order valence-corrected chi connectivity index (χ3v) is 6.14. The van der Waals surface area contributed by atoms with E-state index < -0.39 is 27.4 Å². The number of aliphatic carboxylic acids is 1. The smallest absolute Gasteiger partial charge is 0.328 e. The summed E-state index contributed by atoms with van der Waals surface area (Å²) in [6, 6.07) is 6.16. The maximum Gasteiger partial charge on any atom is 0.328 e. The zero-order valence-corrected chi connectivity index (χ0v) is 15.3. The van der Waals surface area contributed by atoms with Gasteiger partial charge in [-0.3, -0.25) is 4.79 Å². The highest BCUT2D eigenvalue weighted by Gasteiger charge is 2.29. The third-order valence-electron chi connectivity index (χ3n) is 4.23. The Morgan fingerprint density at radius 3 is 2.20 bits per heavy atom. The minimum Gasteiger partial charge on any atom is -0.480 e. The van der Waals surface area contributed by atoms with E-state index in [1.165, 1.54) is 30.3 Å². The molecule has 8 heteroatoms. The number of sulfonamides is 1. The van der Waals surface area contributed by atoms with Crippen LogP contribution in [0.3, 0.4) is 0 Å². The average Bonchev–Trinajstić information content (AvgIpc) is 2.55. The number of hydrogen-bond acceptors (Lipinski definition) is 4. The van der Waals surface area contributed by atoms with E-state index in [0.29, 0.717) is 18.7 Å². The van der Waals surface area contributed by atoms with Gasteiger partial charge in [-0.2, -0.15) is 4.31 Å². The van der Waals surface area contributed by atoms with E-state index in [0.717, 1.165) is 19.3 Å². The quantitative estimate of drug-likeness (QED) is 0.789. The first-order chi connectivity index (χ1) is 11.6. The summed E-state index contributed by atoms with van der Waals surface area (Å²) in [5.41, 5.74) is -0.731. The van der Waals surface area contributed by atoms with Crippen LogP contribution in [-0.4, -0.2) is 48.3 Å². The Hall–Kier alpha value is -1.93. The van der Waals surface area contributed by atoms with Gasteiger partial charge >= 0.3 is 5.97 Å². The summed E-state index contributed by atoms with van der Waals surface area (Å²) < 4.78 is 26.6. The van der Waals surface area contributed by atoms with Crippen LogP contribution in [0.15, 0.2) is 29.2 Å². The van der Waals surface area contributed by atoms with E-state index in [2.05, 4.69) is 5.32 Å². The van der Waals surface area contributed by atoms with E-state index in [4.69, 9.17) is 5.11 Å². The SMILES string of the molecule is CC(C)(NC(=O)Cc1ccc(S(=O)(=O)N2CCCCC2)cc1)C(=O)O. The molecule has 0 atom stereocenters. The molecule has 0 radical (unpaired) electrons. The average molecular weight is 368 g/mol. The van der Waals surface area contributed by atoms with Crippen molar-refractivity contribution in [1.29, 1.82) is 0 Å². The fourth-order valence-corrected chi connectivity index (χ4v) is 4.18. The molecule has 2 rings (SSSR count). The van der Waals surface area contributed by atoms with Gasteiger partial charge in [0.15, 0.2) is 0 Å². The van der Waals surface area contributed by atoms with E-state index in [9.17, 15) is 18.0 Å². The van der Waals surface area contributed by atoms with Crippen molar-refractivity contribution in [1.82, 2.24) is 9.62 Å². The van der Waals surface area contributed by atoms with Gasteiger partial charge in [0.25, 0.3) is 0 Å². The molecule has 0 unspecified atom stereocenters. The molecule has 1 fully saturated rings. The van der Waals surface area contributed by atoms with Crippen molar-refractivity contribution in [2.45, 2.75) is 50.0 Å². The molecule has 0 aliphatic carbocycles. The predicted molar refractivity (Wildman–Crippen MR) is 92.6 cm³/mol. The number of nitrogens with zero attached hydrogens (tertiary/aromatic N) is 1. The van der Waals surface area contributed by atoms with Crippen molar-refractivity contribution in [3.8, 4) is 0 Å². The lowest BCUT2D eigenvalue weighted by molar-refractivity contribution is -0.145. The largest absolute Gasteiger partial charge is 0.480 e. The van der Waals surface area contributed by atoms with Crippen LogP contribution in [0.5, 0.6) is 0 Å². The minimum absolute atomic E-state index is 0.0131. The number of amides is 1. The zero-order valence-electron chi connectivity index (χ0n) is 14.5. The molecule has 7 nitrogen and oxygen atoms in total. The molecule has 2 N–H and O–H groups in total. The van der Waals surface area contributed by atoms with Crippen molar-refractivity contribution >= 4 is 21.9 Å². The lowest BCUT2D eigenvalue weighted by Crippen LogP contribution is -2.50. The van der Waals surface area contributed by atoms with E-state index in [-0.39, 0.29) is 11.3 Å². The Labute approximate surface area is 148 Å². The van der Waals surface area contributed by atoms with Crippen molar-refractivity contribution in [3.05, 3.63) is 29.8 Å². The summed E-state index contributed by atoms with van der Waals surface area (Å²) in [6.07, 6.45) is 2.78. The standard InChI is InChI=1S/C17H24N2O5S/c1-17(2,16(21)22)18-15(20)12-13-6-8-14(9-7-13)25(23,24)19-10-4-3-5-11-19/h6-9H,3-5,10-12H2,1-2H3,(H,18,20)(H,21,22). The molecule has 1 heterocycles. The van der Waals surface area contributed by atoms with Gasteiger partial charge in [0.05, 0.1) is 11.3 Å². The molecule has 1 aliphatic rings. The van der Waals surface area contributed by atoms with Gasteiger partial charge in [0, 0.05) is 13.1 Å². The fourth-order valence-electron chi connectivity index (χ4n) is 2.67. The second-order valence-electron chi connectivity index (χ2n) is 6.76. The van der Waals surface area contributed by atoms with Crippen LogP contribution in [0.4, 0.5) is 0 Å². The molecular weight excluding hydrogens is 344 g/mol. The highest BCUT2D eigenvalue weighted by Crippen LogP contribution is 2.21. The second-order valence-corrected chi connectivity index (χ2v) is 8.70. The predicted octanol–water partition coefficient (Wildman–Crippen LogP) is 1.38. The summed E-state index contributed by atoms with van der Waals surface area (Å²) in [5.74, 6) is -1.55.